The Morgan fingerprint density at radius 3 is 2.38 bits per heavy atom. The summed E-state index contributed by atoms with van der Waals surface area (Å²) < 4.78 is 68.8. The number of thioether (sulfide) groups is 1. The zero-order valence-electron chi connectivity index (χ0n) is 7.66. The molecule has 0 aliphatic heterocycles. The summed E-state index contributed by atoms with van der Waals surface area (Å²) in [7, 11) is -4.73. The zero-order valence-corrected chi connectivity index (χ0v) is 9.29. The van der Waals surface area contributed by atoms with Crippen LogP contribution in [0, 0.1) is 0 Å². The Kier molecular flexibility index (Phi) is 3.84. The van der Waals surface area contributed by atoms with Crippen molar-refractivity contribution in [3.05, 3.63) is 29.8 Å². The van der Waals surface area contributed by atoms with Crippen molar-refractivity contribution in [2.24, 2.45) is 0 Å². The van der Waals surface area contributed by atoms with Crippen molar-refractivity contribution in [2.75, 3.05) is 0 Å². The van der Waals surface area contributed by atoms with Crippen molar-refractivity contribution < 1.29 is 25.5 Å². The van der Waals surface area contributed by atoms with Crippen molar-refractivity contribution in [3.8, 4) is 0 Å². The van der Waals surface area contributed by atoms with Gasteiger partial charge in [-0.3, -0.25) is 0 Å². The number of alkyl halides is 3. The Hall–Kier alpha value is -0.760. The molecule has 0 amide bonds. The molecule has 16 heavy (non-hydrogen) atoms. The maximum Gasteiger partial charge on any atom is 0.446 e. The summed E-state index contributed by atoms with van der Waals surface area (Å²) in [5.74, 6) is -0.917. The molecule has 1 rings (SSSR count). The minimum atomic E-state index is -4.73. The predicted octanol–water partition coefficient (Wildman–Crippen LogP) is 3.10. The summed E-state index contributed by atoms with van der Waals surface area (Å²) in [5.41, 5.74) is -4.47. The van der Waals surface area contributed by atoms with Gasteiger partial charge in [-0.1, -0.05) is 12.1 Å². The van der Waals surface area contributed by atoms with Gasteiger partial charge in [0.25, 0.3) is 0 Å². The van der Waals surface area contributed by atoms with E-state index in [2.05, 4.69) is 0 Å². The Morgan fingerprint density at radius 2 is 1.88 bits per heavy atom. The monoisotopic (exact) mass is 274 g/mol. The highest BCUT2D eigenvalue weighted by Crippen LogP contribution is 2.37. The molecule has 0 N–H and O–H groups in total. The highest BCUT2D eigenvalue weighted by atomic mass is 32.3. The molecule has 8 heteroatoms. The van der Waals surface area contributed by atoms with E-state index in [1.54, 1.807) is 0 Å². The lowest BCUT2D eigenvalue weighted by Crippen LogP contribution is -2.00. The lowest BCUT2D eigenvalue weighted by atomic mass is 10.2. The third kappa shape index (κ3) is 5.36. The second kappa shape index (κ2) is 4.62. The minimum absolute atomic E-state index is 0.0169. The van der Waals surface area contributed by atoms with Crippen LogP contribution >= 0.6 is 11.8 Å². The lowest BCUT2D eigenvalue weighted by Gasteiger charge is -2.06. The van der Waals surface area contributed by atoms with Crippen LogP contribution in [0.3, 0.4) is 0 Å². The van der Waals surface area contributed by atoms with Gasteiger partial charge < -0.3 is 0 Å². The third-order valence-corrected chi connectivity index (χ3v) is 2.87. The smallest absolute Gasteiger partial charge is 0.194 e. The van der Waals surface area contributed by atoms with Crippen molar-refractivity contribution in [1.82, 2.24) is 0 Å². The molecule has 2 nitrogen and oxygen atoms in total. The Morgan fingerprint density at radius 1 is 1.25 bits per heavy atom. The molecule has 0 radical (unpaired) electrons. The van der Waals surface area contributed by atoms with E-state index in [4.69, 9.17) is 0 Å². The molecule has 0 heterocycles. The first kappa shape index (κ1) is 13.3. The molecule has 1 aromatic carbocycles. The molecule has 0 bridgehead atoms. The topological polar surface area (TPSA) is 34.1 Å². The summed E-state index contributed by atoms with van der Waals surface area (Å²) in [4.78, 5) is -0.173. The third-order valence-electron chi connectivity index (χ3n) is 1.47. The minimum Gasteiger partial charge on any atom is -0.194 e. The first-order valence-corrected chi connectivity index (χ1v) is 6.30. The van der Waals surface area contributed by atoms with Gasteiger partial charge in [-0.2, -0.15) is 21.6 Å². The predicted molar refractivity (Wildman–Crippen MR) is 52.1 cm³/mol. The van der Waals surface area contributed by atoms with Crippen LogP contribution in [0.25, 0.3) is 0 Å². The molecule has 0 spiro atoms. The number of hydrogen-bond donors (Lipinski definition) is 0. The molecule has 0 aliphatic carbocycles. The van der Waals surface area contributed by atoms with E-state index < -0.39 is 21.5 Å². The van der Waals surface area contributed by atoms with Gasteiger partial charge in [0, 0.05) is 4.90 Å². The molecular formula is C8H6F4O2S2. The molecule has 0 saturated carbocycles. The Labute approximate surface area is 93.9 Å². The Bertz CT molecular complexity index is 467. The molecule has 0 fully saturated rings. The number of halogens is 4. The first-order chi connectivity index (χ1) is 7.16. The second-order valence-electron chi connectivity index (χ2n) is 2.88. The zero-order chi connectivity index (χ0) is 12.4. The van der Waals surface area contributed by atoms with Crippen LogP contribution in [-0.4, -0.2) is 13.9 Å². The summed E-state index contributed by atoms with van der Waals surface area (Å²) >= 11 is -0.376. The van der Waals surface area contributed by atoms with E-state index in [1.165, 1.54) is 18.2 Å². The molecule has 0 atom stereocenters. The molecule has 1 aromatic rings. The lowest BCUT2D eigenvalue weighted by molar-refractivity contribution is -0.0328. The van der Waals surface area contributed by atoms with Crippen LogP contribution < -0.4 is 0 Å². The molecule has 90 valence electrons. The van der Waals surface area contributed by atoms with E-state index in [9.17, 15) is 25.5 Å². The fraction of sp³-hybridized carbons (Fsp3) is 0.250. The quantitative estimate of drug-likeness (QED) is 0.482. The SMILES string of the molecule is O=S(=O)(F)Cc1cccc(SC(F)(F)F)c1. The molecule has 0 unspecified atom stereocenters. The summed E-state index contributed by atoms with van der Waals surface area (Å²) in [6, 6.07) is 4.66. The maximum atomic E-state index is 12.3. The van der Waals surface area contributed by atoms with E-state index in [-0.39, 0.29) is 22.2 Å². The fourth-order valence-electron chi connectivity index (χ4n) is 1.03. The van der Waals surface area contributed by atoms with E-state index in [0.717, 1.165) is 6.07 Å². The van der Waals surface area contributed by atoms with Crippen LogP contribution in [0.4, 0.5) is 17.1 Å². The standard InChI is InChI=1S/C8H6F4O2S2/c9-8(10,11)15-7-3-1-2-6(4-7)5-16(12,13)14/h1-4H,5H2. The molecule has 0 saturated heterocycles. The van der Waals surface area contributed by atoms with Gasteiger partial charge in [0.1, 0.15) is 5.75 Å². The van der Waals surface area contributed by atoms with Crippen molar-refractivity contribution in [3.63, 3.8) is 0 Å². The van der Waals surface area contributed by atoms with Gasteiger partial charge in [0.2, 0.25) is 0 Å². The molecule has 0 aromatic heterocycles. The second-order valence-corrected chi connectivity index (χ2v) is 5.38. The first-order valence-electron chi connectivity index (χ1n) is 3.93. The van der Waals surface area contributed by atoms with Crippen LogP contribution in [0.15, 0.2) is 29.2 Å². The highest BCUT2D eigenvalue weighted by Gasteiger charge is 2.29. The van der Waals surface area contributed by atoms with Crippen LogP contribution in [-0.2, 0) is 16.0 Å². The highest BCUT2D eigenvalue weighted by molar-refractivity contribution is 8.00. The van der Waals surface area contributed by atoms with Gasteiger partial charge in [-0.15, -0.1) is 3.89 Å². The van der Waals surface area contributed by atoms with Gasteiger partial charge in [0.15, 0.2) is 0 Å². The molecule has 0 aliphatic rings. The fourth-order valence-corrected chi connectivity index (χ4v) is 2.23. The van der Waals surface area contributed by atoms with Crippen LogP contribution in [0.1, 0.15) is 5.56 Å². The van der Waals surface area contributed by atoms with Gasteiger partial charge in [0.05, 0.1) is 0 Å². The van der Waals surface area contributed by atoms with Crippen LogP contribution in [0.5, 0.6) is 0 Å². The van der Waals surface area contributed by atoms with Crippen molar-refractivity contribution >= 4 is 22.0 Å². The van der Waals surface area contributed by atoms with E-state index in [1.807, 2.05) is 0 Å². The number of hydrogen-bond acceptors (Lipinski definition) is 3. The average molecular weight is 274 g/mol. The van der Waals surface area contributed by atoms with E-state index in [0.29, 0.717) is 0 Å². The van der Waals surface area contributed by atoms with Crippen molar-refractivity contribution in [1.29, 1.82) is 0 Å². The molecular weight excluding hydrogens is 268 g/mol. The van der Waals surface area contributed by atoms with Crippen molar-refractivity contribution in [2.45, 2.75) is 16.2 Å². The summed E-state index contributed by atoms with van der Waals surface area (Å²) in [6.07, 6.45) is 0. The number of benzene rings is 1. The van der Waals surface area contributed by atoms with Crippen LogP contribution in [0.2, 0.25) is 0 Å². The normalized spacial score (nSPS) is 12.8. The average Bonchev–Trinajstić information content (AvgIpc) is 1.96. The van der Waals surface area contributed by atoms with Gasteiger partial charge >= 0.3 is 15.7 Å². The van der Waals surface area contributed by atoms with Gasteiger partial charge in [-0.05, 0) is 29.5 Å². The summed E-state index contributed by atoms with van der Waals surface area (Å²) in [6.45, 7) is 0. The number of rotatable bonds is 3. The maximum absolute atomic E-state index is 12.3. The largest absolute Gasteiger partial charge is 0.446 e. The van der Waals surface area contributed by atoms with E-state index >= 15 is 0 Å². The summed E-state index contributed by atoms with van der Waals surface area (Å²) in [5, 5.41) is 0. The Balaban J connectivity index is 2.88. The van der Waals surface area contributed by atoms with Gasteiger partial charge in [-0.25, -0.2) is 0 Å².